The first kappa shape index (κ1) is 49.0. The Bertz CT molecular complexity index is 1790. The van der Waals surface area contributed by atoms with Gasteiger partial charge in [0.15, 0.2) is 28.3 Å². The third-order valence-electron chi connectivity index (χ3n) is 9.85. The van der Waals surface area contributed by atoms with Crippen LogP contribution in [0.2, 0.25) is 5.15 Å². The number of Topliss-reactive ketones (excluding diaryl/α,β-unsaturated/α-hetero) is 1. The third-order valence-corrected chi connectivity index (χ3v) is 10.1. The SMILES string of the molecule is CCCCCCN(CCCC(=O)c1ccc(CN(C[C@H](CNC(=O)c2nc(Cl)c(N)nc2N)Cc2ccccc2C)C(=O)OC(C)(C)C)cc1)C[C@H](O)[C@@H](O)[C@H](O)CO. The highest BCUT2D eigenvalue weighted by Gasteiger charge is 2.28. The largest absolute Gasteiger partial charge is 0.444 e. The van der Waals surface area contributed by atoms with Gasteiger partial charge >= 0.3 is 6.09 Å². The molecule has 326 valence electrons. The Labute approximate surface area is 353 Å². The van der Waals surface area contributed by atoms with Gasteiger partial charge in [0.1, 0.15) is 17.8 Å². The lowest BCUT2D eigenvalue weighted by Gasteiger charge is -2.31. The number of rotatable bonds is 24. The average molecular weight is 842 g/mol. The molecule has 0 spiro atoms. The molecule has 3 rings (SSSR count). The maximum absolute atomic E-state index is 13.7. The molecule has 0 unspecified atom stereocenters. The summed E-state index contributed by atoms with van der Waals surface area (Å²) in [6.45, 7) is 10.6. The standard InChI is InChI=1S/C43H64ClN7O8/c1-6-7-8-11-20-50(26-34(54)37(56)35(55)27-52)21-12-15-33(53)31-18-16-29(17-19-31)24-51(42(58)59-43(3,4)5)25-30(22-32-14-10-9-13-28(32)2)23-47-41(57)36-39(45)49-40(46)38(44)48-36/h9-10,13-14,16-19,30,34-35,37,52,54-56H,6-8,11-12,15,20-27H2,1-5H3,(H,47,57)(H4,45,46,49)/t30-,34-,35+,37+/m0/s1. The number of nitrogens with zero attached hydrogens (tertiary/aromatic N) is 4. The van der Waals surface area contributed by atoms with Crippen LogP contribution in [-0.2, 0) is 17.7 Å². The number of amides is 2. The van der Waals surface area contributed by atoms with Crippen molar-refractivity contribution in [2.45, 2.75) is 110 Å². The Balaban J connectivity index is 1.75. The lowest BCUT2D eigenvalue weighted by Crippen LogP contribution is -2.46. The summed E-state index contributed by atoms with van der Waals surface area (Å²) in [6.07, 6.45) is 0.589. The number of carbonyl (C=O) groups excluding carboxylic acids is 3. The normalized spacial score (nSPS) is 13.7. The van der Waals surface area contributed by atoms with E-state index in [2.05, 4.69) is 22.2 Å². The Morgan fingerprint density at radius 3 is 2.22 bits per heavy atom. The summed E-state index contributed by atoms with van der Waals surface area (Å²) in [5.74, 6) is -1.20. The van der Waals surface area contributed by atoms with Gasteiger partial charge < -0.3 is 51.7 Å². The van der Waals surface area contributed by atoms with E-state index in [0.29, 0.717) is 31.5 Å². The molecule has 15 nitrogen and oxygen atoms in total. The second-order valence-electron chi connectivity index (χ2n) is 16.1. The van der Waals surface area contributed by atoms with Crippen molar-refractivity contribution < 1.29 is 39.5 Å². The van der Waals surface area contributed by atoms with Crippen molar-refractivity contribution in [2.24, 2.45) is 5.92 Å². The van der Waals surface area contributed by atoms with E-state index in [0.717, 1.165) is 42.4 Å². The predicted octanol–water partition coefficient (Wildman–Crippen LogP) is 4.55. The fourth-order valence-electron chi connectivity index (χ4n) is 6.54. The number of carbonyl (C=O) groups is 3. The number of aromatic nitrogens is 2. The summed E-state index contributed by atoms with van der Waals surface area (Å²) in [5.41, 5.74) is 14.1. The molecule has 9 N–H and O–H groups in total. The molecule has 59 heavy (non-hydrogen) atoms. The molecule has 0 radical (unpaired) electrons. The molecule has 2 aromatic carbocycles. The topological polar surface area (TPSA) is 238 Å². The highest BCUT2D eigenvalue weighted by Crippen LogP contribution is 2.21. The summed E-state index contributed by atoms with van der Waals surface area (Å²) in [4.78, 5) is 51.8. The van der Waals surface area contributed by atoms with Gasteiger partial charge in [0.05, 0.1) is 12.7 Å². The number of anilines is 2. The molecule has 0 fully saturated rings. The van der Waals surface area contributed by atoms with Crippen LogP contribution in [-0.4, -0.2) is 121 Å². The number of hydrogen-bond donors (Lipinski definition) is 7. The lowest BCUT2D eigenvalue weighted by atomic mass is 9.95. The van der Waals surface area contributed by atoms with Crippen molar-refractivity contribution in [3.05, 3.63) is 81.6 Å². The van der Waals surface area contributed by atoms with Crippen LogP contribution < -0.4 is 16.8 Å². The van der Waals surface area contributed by atoms with E-state index >= 15 is 0 Å². The van der Waals surface area contributed by atoms with Crippen molar-refractivity contribution >= 4 is 41.0 Å². The summed E-state index contributed by atoms with van der Waals surface area (Å²) < 4.78 is 5.83. The fraction of sp³-hybridized carbons (Fsp3) is 0.558. The number of halogens is 1. The number of nitrogens with two attached hydrogens (primary N) is 2. The molecule has 0 aliphatic heterocycles. The maximum Gasteiger partial charge on any atom is 0.410 e. The van der Waals surface area contributed by atoms with Crippen LogP contribution in [0.1, 0.15) is 104 Å². The Hall–Kier alpha value is -4.38. The minimum absolute atomic E-state index is 0.0653. The molecular formula is C43H64ClN7O8. The number of aryl methyl sites for hydroxylation is 1. The van der Waals surface area contributed by atoms with Gasteiger partial charge in [-0.2, -0.15) is 0 Å². The van der Waals surface area contributed by atoms with Gasteiger partial charge in [-0.3, -0.25) is 9.59 Å². The highest BCUT2D eigenvalue weighted by atomic mass is 35.5. The van der Waals surface area contributed by atoms with Crippen LogP contribution in [0.3, 0.4) is 0 Å². The van der Waals surface area contributed by atoms with Gasteiger partial charge in [0, 0.05) is 38.2 Å². The van der Waals surface area contributed by atoms with Crippen molar-refractivity contribution in [1.29, 1.82) is 0 Å². The molecular weight excluding hydrogens is 778 g/mol. The monoisotopic (exact) mass is 841 g/mol. The number of ether oxygens (including phenoxy) is 1. The second kappa shape index (κ2) is 24.0. The van der Waals surface area contributed by atoms with E-state index in [-0.39, 0.29) is 66.8 Å². The number of unbranched alkanes of at least 4 members (excludes halogenated alkanes) is 3. The Morgan fingerprint density at radius 1 is 0.898 bits per heavy atom. The number of aliphatic hydroxyl groups is 4. The number of benzene rings is 2. The molecule has 0 saturated heterocycles. The summed E-state index contributed by atoms with van der Waals surface area (Å²) >= 11 is 6.03. The van der Waals surface area contributed by atoms with Gasteiger partial charge in [-0.25, -0.2) is 14.8 Å². The quantitative estimate of drug-likeness (QED) is 0.0485. The van der Waals surface area contributed by atoms with E-state index < -0.39 is 42.5 Å². The molecule has 0 saturated carbocycles. The van der Waals surface area contributed by atoms with Gasteiger partial charge in [-0.05, 0) is 82.7 Å². The van der Waals surface area contributed by atoms with Crippen molar-refractivity contribution in [2.75, 3.05) is 50.8 Å². The second-order valence-corrected chi connectivity index (χ2v) is 16.5. The van der Waals surface area contributed by atoms with Gasteiger partial charge in [0.2, 0.25) is 0 Å². The summed E-state index contributed by atoms with van der Waals surface area (Å²) in [5, 5.41) is 42.4. The predicted molar refractivity (Wildman–Crippen MR) is 229 cm³/mol. The maximum atomic E-state index is 13.7. The van der Waals surface area contributed by atoms with Crippen LogP contribution in [0, 0.1) is 12.8 Å². The summed E-state index contributed by atoms with van der Waals surface area (Å²) in [7, 11) is 0. The van der Waals surface area contributed by atoms with E-state index in [4.69, 9.17) is 27.8 Å². The van der Waals surface area contributed by atoms with E-state index in [9.17, 15) is 34.8 Å². The lowest BCUT2D eigenvalue weighted by molar-refractivity contribution is -0.0842. The van der Waals surface area contributed by atoms with Gasteiger partial charge in [-0.15, -0.1) is 0 Å². The number of ketones is 1. The summed E-state index contributed by atoms with van der Waals surface area (Å²) in [6, 6.07) is 15.0. The Kier molecular flexibility index (Phi) is 19.9. The number of aliphatic hydroxyl groups excluding tert-OH is 4. The fourth-order valence-corrected chi connectivity index (χ4v) is 6.67. The number of nitrogen functional groups attached to an aromatic ring is 2. The van der Waals surface area contributed by atoms with Crippen molar-refractivity contribution in [3.8, 4) is 0 Å². The highest BCUT2D eigenvalue weighted by molar-refractivity contribution is 6.31. The average Bonchev–Trinajstić information content (AvgIpc) is 3.19. The first-order valence-corrected chi connectivity index (χ1v) is 20.7. The zero-order valence-electron chi connectivity index (χ0n) is 35.1. The molecule has 16 heteroatoms. The van der Waals surface area contributed by atoms with Crippen LogP contribution in [0.15, 0.2) is 48.5 Å². The molecule has 0 aliphatic rings. The van der Waals surface area contributed by atoms with Crippen LogP contribution in [0.5, 0.6) is 0 Å². The van der Waals surface area contributed by atoms with Gasteiger partial charge in [0.25, 0.3) is 5.91 Å². The van der Waals surface area contributed by atoms with Gasteiger partial charge in [-0.1, -0.05) is 86.3 Å². The Morgan fingerprint density at radius 2 is 1.58 bits per heavy atom. The zero-order valence-corrected chi connectivity index (χ0v) is 35.8. The number of hydrogen-bond acceptors (Lipinski definition) is 13. The molecule has 1 aromatic heterocycles. The van der Waals surface area contributed by atoms with E-state index in [1.165, 1.54) is 0 Å². The first-order valence-electron chi connectivity index (χ1n) is 20.3. The third kappa shape index (κ3) is 16.7. The van der Waals surface area contributed by atoms with Crippen LogP contribution in [0.4, 0.5) is 16.4 Å². The molecule has 2 amide bonds. The smallest absolute Gasteiger partial charge is 0.410 e. The van der Waals surface area contributed by atoms with Crippen molar-refractivity contribution in [1.82, 2.24) is 25.1 Å². The van der Waals surface area contributed by atoms with E-state index in [1.807, 2.05) is 36.1 Å². The minimum atomic E-state index is -1.49. The van der Waals surface area contributed by atoms with Crippen LogP contribution in [0.25, 0.3) is 0 Å². The number of nitrogens with one attached hydrogen (secondary N) is 1. The van der Waals surface area contributed by atoms with Crippen LogP contribution >= 0.6 is 11.6 Å². The molecule has 0 bridgehead atoms. The molecule has 0 aliphatic carbocycles. The first-order chi connectivity index (χ1) is 27.9. The molecule has 3 aromatic rings. The minimum Gasteiger partial charge on any atom is -0.444 e. The van der Waals surface area contributed by atoms with Crippen molar-refractivity contribution in [3.63, 3.8) is 0 Å². The zero-order chi connectivity index (χ0) is 43.7. The molecule has 1 heterocycles. The van der Waals surface area contributed by atoms with E-state index in [1.54, 1.807) is 49.9 Å². The molecule has 4 atom stereocenters.